The maximum absolute atomic E-state index is 12.4. The second kappa shape index (κ2) is 6.55. The van der Waals surface area contributed by atoms with Crippen LogP contribution in [0, 0.1) is 5.92 Å². The molecule has 1 unspecified atom stereocenters. The molecule has 1 aromatic carbocycles. The van der Waals surface area contributed by atoms with E-state index in [-0.39, 0.29) is 11.9 Å². The fraction of sp³-hybridized carbons (Fsp3) is 0.471. The number of benzene rings is 1. The molecule has 2 saturated heterocycles. The molecule has 23 heavy (non-hydrogen) atoms. The molecular formula is C17H21N3O2S. The van der Waals surface area contributed by atoms with Gasteiger partial charge in [-0.2, -0.15) is 0 Å². The molecule has 3 aliphatic rings. The summed E-state index contributed by atoms with van der Waals surface area (Å²) in [6.07, 6.45) is 4.43. The number of hydroxylamine groups is 1. The second-order valence-electron chi connectivity index (χ2n) is 6.43. The standard InChI is InChI=1S/C17H21N3O2S/c21-17(18-15-10-13-6-8-19(11-13)12-15)14-2-4-16(5-3-14)22-20-7-1-9-23-20/h1-5,9,13,15H,6-8,10-12H2,(H,18,21)/t13-,15-/m1/s1. The van der Waals surface area contributed by atoms with Crippen LogP contribution in [0.3, 0.4) is 0 Å². The van der Waals surface area contributed by atoms with Gasteiger partial charge in [0, 0.05) is 24.7 Å². The zero-order chi connectivity index (χ0) is 15.6. The minimum absolute atomic E-state index is 0.0151. The Bertz CT molecular complexity index is 584. The lowest BCUT2D eigenvalue weighted by Gasteiger charge is -2.30. The molecule has 1 N–H and O–H groups in total. The smallest absolute Gasteiger partial charge is 0.251 e. The van der Waals surface area contributed by atoms with Gasteiger partial charge in [0.25, 0.3) is 5.91 Å². The van der Waals surface area contributed by atoms with Crippen molar-refractivity contribution in [2.75, 3.05) is 26.2 Å². The van der Waals surface area contributed by atoms with Crippen LogP contribution in [0.15, 0.2) is 35.7 Å². The Hall–Kier alpha value is -1.50. The summed E-state index contributed by atoms with van der Waals surface area (Å²) < 4.78 is 1.79. The van der Waals surface area contributed by atoms with Crippen LogP contribution in [0.5, 0.6) is 5.75 Å². The van der Waals surface area contributed by atoms with Gasteiger partial charge in [-0.25, -0.2) is 0 Å². The number of piperidine rings is 1. The average molecular weight is 331 g/mol. The van der Waals surface area contributed by atoms with Crippen molar-refractivity contribution in [2.24, 2.45) is 5.92 Å². The Morgan fingerprint density at radius 2 is 2.13 bits per heavy atom. The van der Waals surface area contributed by atoms with Crippen molar-refractivity contribution in [3.63, 3.8) is 0 Å². The van der Waals surface area contributed by atoms with Crippen LogP contribution in [0.2, 0.25) is 0 Å². The van der Waals surface area contributed by atoms with E-state index in [0.717, 1.165) is 31.2 Å². The van der Waals surface area contributed by atoms with Crippen molar-refractivity contribution >= 4 is 17.9 Å². The molecule has 1 aromatic rings. The molecule has 3 aliphatic heterocycles. The van der Waals surface area contributed by atoms with E-state index < -0.39 is 0 Å². The van der Waals surface area contributed by atoms with E-state index in [0.29, 0.717) is 5.56 Å². The molecule has 1 amide bonds. The van der Waals surface area contributed by atoms with E-state index in [1.54, 1.807) is 4.47 Å². The summed E-state index contributed by atoms with van der Waals surface area (Å²) in [5, 5.41) is 5.18. The molecule has 2 bridgehead atoms. The summed E-state index contributed by atoms with van der Waals surface area (Å²) >= 11 is 1.52. The van der Waals surface area contributed by atoms with Gasteiger partial charge >= 0.3 is 0 Å². The Morgan fingerprint density at radius 1 is 1.26 bits per heavy atom. The number of carbonyl (C=O) groups is 1. The normalized spacial score (nSPS) is 29.7. The third-order valence-electron chi connectivity index (χ3n) is 4.65. The highest BCUT2D eigenvalue weighted by atomic mass is 32.2. The minimum Gasteiger partial charge on any atom is -0.395 e. The van der Waals surface area contributed by atoms with Crippen LogP contribution >= 0.6 is 11.9 Å². The predicted molar refractivity (Wildman–Crippen MR) is 90.9 cm³/mol. The van der Waals surface area contributed by atoms with Gasteiger partial charge in [-0.05, 0) is 66.9 Å². The van der Waals surface area contributed by atoms with E-state index >= 15 is 0 Å². The van der Waals surface area contributed by atoms with Crippen LogP contribution < -0.4 is 10.2 Å². The van der Waals surface area contributed by atoms with Crippen LogP contribution in [-0.4, -0.2) is 47.5 Å². The first-order valence-electron chi connectivity index (χ1n) is 8.17. The SMILES string of the molecule is O=C(N[C@@H]1C[C@H]2CCN(C2)C1)c1ccc(ON2CC=CS2)cc1. The highest BCUT2D eigenvalue weighted by molar-refractivity contribution is 8.00. The van der Waals surface area contributed by atoms with Gasteiger partial charge < -0.3 is 15.1 Å². The van der Waals surface area contributed by atoms with E-state index in [2.05, 4.69) is 10.2 Å². The number of nitrogens with zero attached hydrogens (tertiary/aromatic N) is 2. The first-order valence-corrected chi connectivity index (χ1v) is 9.00. The van der Waals surface area contributed by atoms with Crippen LogP contribution in [-0.2, 0) is 0 Å². The van der Waals surface area contributed by atoms with E-state index in [9.17, 15) is 4.79 Å². The summed E-state index contributed by atoms with van der Waals surface area (Å²) in [7, 11) is 0. The third kappa shape index (κ3) is 3.54. The lowest BCUT2D eigenvalue weighted by Crippen LogP contribution is -2.47. The molecule has 5 nitrogen and oxygen atoms in total. The number of rotatable bonds is 4. The number of carbonyl (C=O) groups excluding carboxylic acids is 1. The highest BCUT2D eigenvalue weighted by Gasteiger charge is 2.32. The topological polar surface area (TPSA) is 44.8 Å². The van der Waals surface area contributed by atoms with E-state index in [1.165, 1.54) is 31.5 Å². The van der Waals surface area contributed by atoms with Crippen molar-refractivity contribution in [3.8, 4) is 5.75 Å². The number of hydrogen-bond donors (Lipinski definition) is 1. The first kappa shape index (κ1) is 15.1. The van der Waals surface area contributed by atoms with Crippen LogP contribution in [0.4, 0.5) is 0 Å². The maximum atomic E-state index is 12.4. The lowest BCUT2D eigenvalue weighted by molar-refractivity contribution is 0.0663. The molecule has 0 spiro atoms. The fourth-order valence-electron chi connectivity index (χ4n) is 3.56. The molecule has 0 saturated carbocycles. The number of fused-ring (bicyclic) bond motifs is 2. The molecule has 3 atom stereocenters. The van der Waals surface area contributed by atoms with Gasteiger partial charge in [-0.1, -0.05) is 10.5 Å². The maximum Gasteiger partial charge on any atom is 0.251 e. The average Bonchev–Trinajstić information content (AvgIpc) is 3.18. The molecule has 4 rings (SSSR count). The summed E-state index contributed by atoms with van der Waals surface area (Å²) in [5.74, 6) is 1.53. The molecule has 122 valence electrons. The molecule has 2 fully saturated rings. The van der Waals surface area contributed by atoms with Crippen molar-refractivity contribution in [3.05, 3.63) is 41.3 Å². The lowest BCUT2D eigenvalue weighted by atomic mass is 9.96. The van der Waals surface area contributed by atoms with E-state index in [1.807, 2.05) is 35.7 Å². The van der Waals surface area contributed by atoms with Crippen LogP contribution in [0.25, 0.3) is 0 Å². The number of amides is 1. The van der Waals surface area contributed by atoms with Crippen LogP contribution in [0.1, 0.15) is 23.2 Å². The largest absolute Gasteiger partial charge is 0.395 e. The predicted octanol–water partition coefficient (Wildman–Crippen LogP) is 2.28. The van der Waals surface area contributed by atoms with Crippen molar-refractivity contribution in [2.45, 2.75) is 18.9 Å². The molecule has 0 aliphatic carbocycles. The summed E-state index contributed by atoms with van der Waals surface area (Å²) in [6.45, 7) is 4.16. The zero-order valence-electron chi connectivity index (χ0n) is 13.0. The Labute approximate surface area is 140 Å². The highest BCUT2D eigenvalue weighted by Crippen LogP contribution is 2.27. The zero-order valence-corrected chi connectivity index (χ0v) is 13.8. The molecule has 3 heterocycles. The Morgan fingerprint density at radius 3 is 2.87 bits per heavy atom. The molecule has 0 radical (unpaired) electrons. The molecular weight excluding hydrogens is 310 g/mol. The van der Waals surface area contributed by atoms with Gasteiger partial charge in [0.2, 0.25) is 0 Å². The molecule has 6 heteroatoms. The number of nitrogens with one attached hydrogen (secondary N) is 1. The van der Waals surface area contributed by atoms with Gasteiger partial charge in [0.05, 0.1) is 6.54 Å². The van der Waals surface area contributed by atoms with Crippen molar-refractivity contribution in [1.29, 1.82) is 0 Å². The third-order valence-corrected chi connectivity index (χ3v) is 5.43. The van der Waals surface area contributed by atoms with Gasteiger partial charge in [-0.15, -0.1) is 0 Å². The summed E-state index contributed by atoms with van der Waals surface area (Å²) in [5.41, 5.74) is 0.692. The second-order valence-corrected chi connectivity index (χ2v) is 7.32. The first-order chi connectivity index (χ1) is 11.3. The molecule has 0 aromatic heterocycles. The van der Waals surface area contributed by atoms with Gasteiger partial charge in [-0.3, -0.25) is 4.79 Å². The summed E-state index contributed by atoms with van der Waals surface area (Å²) in [4.78, 5) is 20.6. The van der Waals surface area contributed by atoms with Crippen molar-refractivity contribution in [1.82, 2.24) is 14.7 Å². The number of hydrogen-bond acceptors (Lipinski definition) is 5. The monoisotopic (exact) mass is 331 g/mol. The van der Waals surface area contributed by atoms with Gasteiger partial charge in [0.15, 0.2) is 0 Å². The summed E-state index contributed by atoms with van der Waals surface area (Å²) in [6, 6.07) is 7.64. The van der Waals surface area contributed by atoms with Gasteiger partial charge in [0.1, 0.15) is 5.75 Å². The quantitative estimate of drug-likeness (QED) is 0.858. The fourth-order valence-corrected chi connectivity index (χ4v) is 4.17. The Balaban J connectivity index is 1.33. The Kier molecular flexibility index (Phi) is 4.29. The minimum atomic E-state index is 0.0151. The van der Waals surface area contributed by atoms with E-state index in [4.69, 9.17) is 4.84 Å². The van der Waals surface area contributed by atoms with Crippen molar-refractivity contribution < 1.29 is 9.63 Å².